The van der Waals surface area contributed by atoms with Crippen molar-refractivity contribution in [3.63, 3.8) is 0 Å². The van der Waals surface area contributed by atoms with Crippen LogP contribution in [0.3, 0.4) is 0 Å². The van der Waals surface area contributed by atoms with Crippen LogP contribution in [0.25, 0.3) is 0 Å². The lowest BCUT2D eigenvalue weighted by Crippen LogP contribution is -2.33. The van der Waals surface area contributed by atoms with E-state index in [4.69, 9.17) is 5.73 Å². The van der Waals surface area contributed by atoms with Gasteiger partial charge in [-0.15, -0.1) is 0 Å². The molecule has 4 nitrogen and oxygen atoms in total. The monoisotopic (exact) mass is 331 g/mol. The molecule has 1 aliphatic rings. The number of hydrogen-bond donors (Lipinski definition) is 2. The van der Waals surface area contributed by atoms with Gasteiger partial charge in [0.1, 0.15) is 11.6 Å². The quantitative estimate of drug-likeness (QED) is 0.904. The molecule has 126 valence electrons. The van der Waals surface area contributed by atoms with E-state index in [1.165, 1.54) is 0 Å². The first-order valence-electron chi connectivity index (χ1n) is 7.80. The molecule has 6 heteroatoms. The second-order valence-corrected chi connectivity index (χ2v) is 6.08. The number of halogens is 2. The number of carbonyl (C=O) groups excluding carboxylic acids is 1. The number of benzene rings is 2. The van der Waals surface area contributed by atoms with Crippen molar-refractivity contribution < 1.29 is 13.6 Å². The number of nitrogens with two attached hydrogens (primary N) is 1. The fourth-order valence-corrected chi connectivity index (χ4v) is 3.13. The van der Waals surface area contributed by atoms with Crippen LogP contribution in [0.5, 0.6) is 0 Å². The summed E-state index contributed by atoms with van der Waals surface area (Å²) in [6.07, 6.45) is 0. The van der Waals surface area contributed by atoms with Gasteiger partial charge in [0.25, 0.3) is 0 Å². The smallest absolute Gasteiger partial charge is 0.238 e. The van der Waals surface area contributed by atoms with Crippen molar-refractivity contribution >= 4 is 11.6 Å². The Bertz CT molecular complexity index is 703. The number of rotatable bonds is 4. The van der Waals surface area contributed by atoms with E-state index in [0.717, 1.165) is 23.8 Å². The summed E-state index contributed by atoms with van der Waals surface area (Å²) in [5.74, 6) is -1.60. The van der Waals surface area contributed by atoms with Crippen LogP contribution in [0.2, 0.25) is 0 Å². The Balaban J connectivity index is 1.59. The fourth-order valence-electron chi connectivity index (χ4n) is 3.13. The van der Waals surface area contributed by atoms with Crippen molar-refractivity contribution in [1.29, 1.82) is 0 Å². The minimum Gasteiger partial charge on any atom is -0.326 e. The highest BCUT2D eigenvalue weighted by Gasteiger charge is 2.31. The molecule has 0 saturated carbocycles. The molecule has 2 atom stereocenters. The summed E-state index contributed by atoms with van der Waals surface area (Å²) in [4.78, 5) is 14.1. The first-order valence-corrected chi connectivity index (χ1v) is 7.80. The van der Waals surface area contributed by atoms with E-state index >= 15 is 0 Å². The standard InChI is InChI=1S/C18H19F2N3O/c19-13-6-14(20)8-15(7-13)22-18(24)11-23-9-16(17(21)10-23)12-4-2-1-3-5-12/h1-8,16-17H,9-11,21H2,(H,22,24)/t16-,17+/m0/s1. The number of amides is 1. The van der Waals surface area contributed by atoms with E-state index in [2.05, 4.69) is 5.32 Å². The summed E-state index contributed by atoms with van der Waals surface area (Å²) >= 11 is 0. The molecule has 1 heterocycles. The van der Waals surface area contributed by atoms with Gasteiger partial charge in [0, 0.05) is 36.8 Å². The Morgan fingerprint density at radius 1 is 1.12 bits per heavy atom. The number of nitrogens with zero attached hydrogens (tertiary/aromatic N) is 1. The molecule has 0 bridgehead atoms. The second kappa shape index (κ2) is 7.07. The van der Waals surface area contributed by atoms with Gasteiger partial charge >= 0.3 is 0 Å². The van der Waals surface area contributed by atoms with Crippen LogP contribution in [0.15, 0.2) is 48.5 Å². The lowest BCUT2D eigenvalue weighted by molar-refractivity contribution is -0.117. The molecule has 1 saturated heterocycles. The molecule has 2 aromatic rings. The molecule has 1 aliphatic heterocycles. The Morgan fingerprint density at radius 3 is 2.46 bits per heavy atom. The summed E-state index contributed by atoms with van der Waals surface area (Å²) in [6, 6.07) is 12.8. The minimum atomic E-state index is -0.724. The number of carbonyl (C=O) groups is 1. The summed E-state index contributed by atoms with van der Waals surface area (Å²) in [7, 11) is 0. The number of anilines is 1. The molecule has 3 N–H and O–H groups in total. The van der Waals surface area contributed by atoms with Crippen molar-refractivity contribution in [3.05, 3.63) is 65.7 Å². The van der Waals surface area contributed by atoms with E-state index in [-0.39, 0.29) is 30.1 Å². The third-order valence-electron chi connectivity index (χ3n) is 4.18. The van der Waals surface area contributed by atoms with Crippen LogP contribution in [0.1, 0.15) is 11.5 Å². The molecule has 2 aromatic carbocycles. The van der Waals surface area contributed by atoms with Gasteiger partial charge in [0.05, 0.1) is 6.54 Å². The average Bonchev–Trinajstić information content (AvgIpc) is 2.87. The maximum Gasteiger partial charge on any atom is 0.238 e. The van der Waals surface area contributed by atoms with Crippen molar-refractivity contribution in [2.45, 2.75) is 12.0 Å². The van der Waals surface area contributed by atoms with Gasteiger partial charge in [-0.05, 0) is 17.7 Å². The van der Waals surface area contributed by atoms with Crippen LogP contribution < -0.4 is 11.1 Å². The van der Waals surface area contributed by atoms with Gasteiger partial charge in [0.2, 0.25) is 5.91 Å². The minimum absolute atomic E-state index is 0.0492. The van der Waals surface area contributed by atoms with Crippen molar-refractivity contribution in [3.8, 4) is 0 Å². The van der Waals surface area contributed by atoms with Crippen LogP contribution >= 0.6 is 0 Å². The zero-order valence-corrected chi connectivity index (χ0v) is 13.1. The summed E-state index contributed by atoms with van der Waals surface area (Å²) in [6.45, 7) is 1.41. The highest BCUT2D eigenvalue weighted by atomic mass is 19.1. The van der Waals surface area contributed by atoms with E-state index in [1.807, 2.05) is 35.2 Å². The lowest BCUT2D eigenvalue weighted by atomic mass is 9.95. The molecule has 0 aromatic heterocycles. The van der Waals surface area contributed by atoms with Gasteiger partial charge in [-0.3, -0.25) is 9.69 Å². The molecular formula is C18H19F2N3O. The van der Waals surface area contributed by atoms with E-state index in [9.17, 15) is 13.6 Å². The summed E-state index contributed by atoms with van der Waals surface area (Å²) in [5, 5.41) is 2.52. The first kappa shape index (κ1) is 16.5. The SMILES string of the molecule is N[C@@H]1CN(CC(=O)Nc2cc(F)cc(F)c2)C[C@H]1c1ccccc1. The van der Waals surface area contributed by atoms with E-state index in [0.29, 0.717) is 13.1 Å². The van der Waals surface area contributed by atoms with Crippen molar-refractivity contribution in [2.24, 2.45) is 5.73 Å². The Hall–Kier alpha value is -2.31. The second-order valence-electron chi connectivity index (χ2n) is 6.08. The molecule has 0 radical (unpaired) electrons. The predicted molar refractivity (Wildman–Crippen MR) is 88.6 cm³/mol. The predicted octanol–water partition coefficient (Wildman–Crippen LogP) is 2.33. The Kier molecular flexibility index (Phi) is 4.87. The number of hydrogen-bond acceptors (Lipinski definition) is 3. The molecule has 1 fully saturated rings. The fraction of sp³-hybridized carbons (Fsp3) is 0.278. The molecule has 3 rings (SSSR count). The molecule has 1 amide bonds. The zero-order valence-electron chi connectivity index (χ0n) is 13.1. The molecule has 0 unspecified atom stereocenters. The molecule has 0 aliphatic carbocycles. The van der Waals surface area contributed by atoms with Crippen molar-refractivity contribution in [1.82, 2.24) is 4.90 Å². The normalized spacial score (nSPS) is 21.0. The molecular weight excluding hydrogens is 312 g/mol. The molecule has 0 spiro atoms. The highest BCUT2D eigenvalue weighted by Crippen LogP contribution is 2.26. The highest BCUT2D eigenvalue weighted by molar-refractivity contribution is 5.92. The van der Waals surface area contributed by atoms with Gasteiger partial charge < -0.3 is 11.1 Å². The van der Waals surface area contributed by atoms with Crippen LogP contribution in [0.4, 0.5) is 14.5 Å². The maximum absolute atomic E-state index is 13.2. The number of nitrogens with one attached hydrogen (secondary N) is 1. The van der Waals surface area contributed by atoms with E-state index < -0.39 is 11.6 Å². The van der Waals surface area contributed by atoms with Crippen LogP contribution in [-0.2, 0) is 4.79 Å². The lowest BCUT2D eigenvalue weighted by Gasteiger charge is -2.16. The number of likely N-dealkylation sites (tertiary alicyclic amines) is 1. The average molecular weight is 331 g/mol. The topological polar surface area (TPSA) is 58.4 Å². The third-order valence-corrected chi connectivity index (χ3v) is 4.18. The van der Waals surface area contributed by atoms with Gasteiger partial charge in [-0.25, -0.2) is 8.78 Å². The maximum atomic E-state index is 13.2. The van der Waals surface area contributed by atoms with Gasteiger partial charge in [0.15, 0.2) is 0 Å². The van der Waals surface area contributed by atoms with Gasteiger partial charge in [-0.2, -0.15) is 0 Å². The van der Waals surface area contributed by atoms with Crippen LogP contribution in [0, 0.1) is 11.6 Å². The zero-order chi connectivity index (χ0) is 17.1. The van der Waals surface area contributed by atoms with Gasteiger partial charge in [-0.1, -0.05) is 30.3 Å². The third kappa shape index (κ3) is 3.96. The molecule has 24 heavy (non-hydrogen) atoms. The largest absolute Gasteiger partial charge is 0.326 e. The first-order chi connectivity index (χ1) is 11.5. The van der Waals surface area contributed by atoms with Crippen LogP contribution in [-0.4, -0.2) is 36.5 Å². The Labute approximate surface area is 139 Å². The van der Waals surface area contributed by atoms with E-state index in [1.54, 1.807) is 0 Å². The summed E-state index contributed by atoms with van der Waals surface area (Å²) < 4.78 is 26.3. The summed E-state index contributed by atoms with van der Waals surface area (Å²) in [5.41, 5.74) is 7.46. The Morgan fingerprint density at radius 2 is 1.79 bits per heavy atom. The van der Waals surface area contributed by atoms with Crippen molar-refractivity contribution in [2.75, 3.05) is 25.0 Å².